The van der Waals surface area contributed by atoms with Crippen molar-refractivity contribution in [1.82, 2.24) is 10.1 Å². The smallest absolute Gasteiger partial charge is 0.154 e. The van der Waals surface area contributed by atoms with Crippen LogP contribution in [-0.2, 0) is 6.54 Å². The molecule has 2 heterocycles. The number of aromatic nitrogens is 1. The SMILES string of the molecule is COc1ccccc1CN1CCCC1c1cc(C)no1. The zero-order valence-corrected chi connectivity index (χ0v) is 12.0. The summed E-state index contributed by atoms with van der Waals surface area (Å²) >= 11 is 0. The summed E-state index contributed by atoms with van der Waals surface area (Å²) in [5.41, 5.74) is 2.17. The second-order valence-electron chi connectivity index (χ2n) is 5.31. The number of hydrogen-bond acceptors (Lipinski definition) is 4. The number of likely N-dealkylation sites (tertiary alicyclic amines) is 1. The standard InChI is InChI=1S/C16H20N2O2/c1-12-10-16(20-17-12)14-7-5-9-18(14)11-13-6-3-4-8-15(13)19-2/h3-4,6,8,10,14H,5,7,9,11H2,1-2H3. The average molecular weight is 272 g/mol. The summed E-state index contributed by atoms with van der Waals surface area (Å²) in [7, 11) is 1.72. The van der Waals surface area contributed by atoms with Crippen LogP contribution < -0.4 is 4.74 Å². The maximum absolute atomic E-state index is 5.45. The average Bonchev–Trinajstić information content (AvgIpc) is 3.08. The molecule has 0 amide bonds. The van der Waals surface area contributed by atoms with Crippen LogP contribution in [0.3, 0.4) is 0 Å². The lowest BCUT2D eigenvalue weighted by Crippen LogP contribution is -2.22. The second kappa shape index (κ2) is 5.67. The topological polar surface area (TPSA) is 38.5 Å². The number of ether oxygens (including phenoxy) is 1. The lowest BCUT2D eigenvalue weighted by atomic mass is 10.1. The Balaban J connectivity index is 1.79. The minimum absolute atomic E-state index is 0.334. The van der Waals surface area contributed by atoms with Crippen molar-refractivity contribution in [1.29, 1.82) is 0 Å². The van der Waals surface area contributed by atoms with E-state index in [0.29, 0.717) is 6.04 Å². The maximum atomic E-state index is 5.45. The highest BCUT2D eigenvalue weighted by Crippen LogP contribution is 2.34. The van der Waals surface area contributed by atoms with Gasteiger partial charge in [0.05, 0.1) is 18.8 Å². The number of benzene rings is 1. The molecule has 1 unspecified atom stereocenters. The van der Waals surface area contributed by atoms with Crippen LogP contribution in [0.1, 0.15) is 35.9 Å². The van der Waals surface area contributed by atoms with E-state index in [2.05, 4.69) is 22.2 Å². The first-order valence-electron chi connectivity index (χ1n) is 7.07. The van der Waals surface area contributed by atoms with Crippen molar-refractivity contribution in [2.24, 2.45) is 0 Å². The Morgan fingerprint density at radius 1 is 1.40 bits per heavy atom. The number of rotatable bonds is 4. The normalized spacial score (nSPS) is 19.4. The molecule has 106 valence electrons. The van der Waals surface area contributed by atoms with Crippen molar-refractivity contribution in [3.05, 3.63) is 47.3 Å². The first kappa shape index (κ1) is 13.2. The fourth-order valence-corrected chi connectivity index (χ4v) is 2.93. The Labute approximate surface area is 119 Å². The van der Waals surface area contributed by atoms with Crippen LogP contribution in [0.4, 0.5) is 0 Å². The van der Waals surface area contributed by atoms with E-state index in [1.807, 2.05) is 25.1 Å². The van der Waals surface area contributed by atoms with E-state index in [4.69, 9.17) is 9.26 Å². The summed E-state index contributed by atoms with van der Waals surface area (Å²) in [5.74, 6) is 1.93. The molecule has 2 aromatic rings. The fourth-order valence-electron chi connectivity index (χ4n) is 2.93. The molecule has 20 heavy (non-hydrogen) atoms. The van der Waals surface area contributed by atoms with Gasteiger partial charge in [-0.3, -0.25) is 4.90 Å². The van der Waals surface area contributed by atoms with Gasteiger partial charge < -0.3 is 9.26 Å². The number of methoxy groups -OCH3 is 1. The van der Waals surface area contributed by atoms with Crippen molar-refractivity contribution in [2.75, 3.05) is 13.7 Å². The Morgan fingerprint density at radius 3 is 3.00 bits per heavy atom. The summed E-state index contributed by atoms with van der Waals surface area (Å²) < 4.78 is 10.9. The number of para-hydroxylation sites is 1. The van der Waals surface area contributed by atoms with Gasteiger partial charge in [0.2, 0.25) is 0 Å². The van der Waals surface area contributed by atoms with Crippen molar-refractivity contribution in [3.63, 3.8) is 0 Å². The van der Waals surface area contributed by atoms with E-state index in [1.165, 1.54) is 12.0 Å². The Bertz CT molecular complexity index is 579. The molecule has 0 spiro atoms. The fraction of sp³-hybridized carbons (Fsp3) is 0.438. The summed E-state index contributed by atoms with van der Waals surface area (Å²) in [6.07, 6.45) is 2.32. The van der Waals surface area contributed by atoms with Gasteiger partial charge in [-0.1, -0.05) is 23.4 Å². The highest BCUT2D eigenvalue weighted by molar-refractivity contribution is 5.33. The molecule has 1 aliphatic heterocycles. The molecule has 0 bridgehead atoms. The van der Waals surface area contributed by atoms with Crippen molar-refractivity contribution in [2.45, 2.75) is 32.4 Å². The minimum atomic E-state index is 0.334. The van der Waals surface area contributed by atoms with Gasteiger partial charge in [0.25, 0.3) is 0 Å². The molecule has 0 radical (unpaired) electrons. The third-order valence-corrected chi connectivity index (χ3v) is 3.90. The van der Waals surface area contributed by atoms with E-state index in [1.54, 1.807) is 7.11 Å². The van der Waals surface area contributed by atoms with Gasteiger partial charge in [0, 0.05) is 18.2 Å². The minimum Gasteiger partial charge on any atom is -0.496 e. The Kier molecular flexibility index (Phi) is 3.74. The van der Waals surface area contributed by atoms with Gasteiger partial charge >= 0.3 is 0 Å². The third-order valence-electron chi connectivity index (χ3n) is 3.90. The number of nitrogens with zero attached hydrogens (tertiary/aromatic N) is 2. The van der Waals surface area contributed by atoms with Crippen LogP contribution in [0.25, 0.3) is 0 Å². The molecule has 1 saturated heterocycles. The number of hydrogen-bond donors (Lipinski definition) is 0. The lowest BCUT2D eigenvalue weighted by molar-refractivity contribution is 0.204. The van der Waals surface area contributed by atoms with Crippen LogP contribution >= 0.6 is 0 Å². The molecule has 0 saturated carbocycles. The van der Waals surface area contributed by atoms with Crippen molar-refractivity contribution < 1.29 is 9.26 Å². The molecule has 4 heteroatoms. The van der Waals surface area contributed by atoms with Crippen LogP contribution in [0.5, 0.6) is 5.75 Å². The molecule has 0 aliphatic carbocycles. The largest absolute Gasteiger partial charge is 0.496 e. The summed E-state index contributed by atoms with van der Waals surface area (Å²) in [6, 6.07) is 10.6. The molecule has 1 atom stereocenters. The zero-order chi connectivity index (χ0) is 13.9. The maximum Gasteiger partial charge on any atom is 0.154 e. The number of aryl methyl sites for hydroxylation is 1. The molecule has 1 aromatic carbocycles. The molecule has 1 aromatic heterocycles. The monoisotopic (exact) mass is 272 g/mol. The third kappa shape index (κ3) is 2.56. The summed E-state index contributed by atoms with van der Waals surface area (Å²) in [5, 5.41) is 4.01. The van der Waals surface area contributed by atoms with E-state index >= 15 is 0 Å². The zero-order valence-electron chi connectivity index (χ0n) is 12.0. The van der Waals surface area contributed by atoms with E-state index in [9.17, 15) is 0 Å². The van der Waals surface area contributed by atoms with Gasteiger partial charge in [0.1, 0.15) is 5.75 Å². The highest BCUT2D eigenvalue weighted by Gasteiger charge is 2.29. The van der Waals surface area contributed by atoms with E-state index in [-0.39, 0.29) is 0 Å². The van der Waals surface area contributed by atoms with Gasteiger partial charge in [-0.2, -0.15) is 0 Å². The second-order valence-corrected chi connectivity index (χ2v) is 5.31. The molecule has 1 fully saturated rings. The molecular weight excluding hydrogens is 252 g/mol. The highest BCUT2D eigenvalue weighted by atomic mass is 16.5. The van der Waals surface area contributed by atoms with Crippen LogP contribution in [-0.4, -0.2) is 23.7 Å². The van der Waals surface area contributed by atoms with Crippen molar-refractivity contribution in [3.8, 4) is 5.75 Å². The molecule has 0 N–H and O–H groups in total. The predicted molar refractivity (Wildman–Crippen MR) is 76.6 cm³/mol. The van der Waals surface area contributed by atoms with Gasteiger partial charge in [-0.15, -0.1) is 0 Å². The summed E-state index contributed by atoms with van der Waals surface area (Å²) in [6.45, 7) is 3.93. The molecular formula is C16H20N2O2. The van der Waals surface area contributed by atoms with Crippen LogP contribution in [0.2, 0.25) is 0 Å². The van der Waals surface area contributed by atoms with Crippen LogP contribution in [0.15, 0.2) is 34.9 Å². The predicted octanol–water partition coefficient (Wildman–Crippen LogP) is 3.33. The first-order chi connectivity index (χ1) is 9.78. The molecule has 3 rings (SSSR count). The molecule has 1 aliphatic rings. The quantitative estimate of drug-likeness (QED) is 0.855. The molecule has 4 nitrogen and oxygen atoms in total. The van der Waals surface area contributed by atoms with Crippen molar-refractivity contribution >= 4 is 0 Å². The van der Waals surface area contributed by atoms with Gasteiger partial charge in [-0.25, -0.2) is 0 Å². The Morgan fingerprint density at radius 2 is 2.25 bits per heavy atom. The van der Waals surface area contributed by atoms with Gasteiger partial charge in [0.15, 0.2) is 5.76 Å². The lowest BCUT2D eigenvalue weighted by Gasteiger charge is -2.23. The van der Waals surface area contributed by atoms with Crippen LogP contribution in [0, 0.1) is 6.92 Å². The summed E-state index contributed by atoms with van der Waals surface area (Å²) in [4.78, 5) is 2.44. The van der Waals surface area contributed by atoms with E-state index in [0.717, 1.165) is 36.7 Å². The van der Waals surface area contributed by atoms with E-state index < -0.39 is 0 Å². The Hall–Kier alpha value is -1.81. The first-order valence-corrected chi connectivity index (χ1v) is 7.07. The van der Waals surface area contributed by atoms with Gasteiger partial charge in [-0.05, 0) is 32.4 Å².